The molecule has 1 aromatic rings. The van der Waals surface area contributed by atoms with E-state index in [4.69, 9.17) is 20.5 Å². The van der Waals surface area contributed by atoms with Gasteiger partial charge >= 0.3 is 0 Å². The Morgan fingerprint density at radius 2 is 2.25 bits per heavy atom. The Hall–Kier alpha value is -1.73. The summed E-state index contributed by atoms with van der Waals surface area (Å²) in [6, 6.07) is 7.69. The van der Waals surface area contributed by atoms with Crippen LogP contribution in [0.5, 0.6) is 11.5 Å². The second kappa shape index (κ2) is 6.70. The van der Waals surface area contributed by atoms with Crippen molar-refractivity contribution in [3.8, 4) is 17.6 Å². The molecule has 0 amide bonds. The molecule has 0 radical (unpaired) electrons. The molecule has 2 N–H and O–H groups in total. The molecule has 0 spiro atoms. The summed E-state index contributed by atoms with van der Waals surface area (Å²) in [6.45, 7) is 0.908. The van der Waals surface area contributed by atoms with Crippen LogP contribution < -0.4 is 15.2 Å². The number of ether oxygens (including phenoxy) is 2. The highest BCUT2D eigenvalue weighted by Crippen LogP contribution is 2.30. The van der Waals surface area contributed by atoms with E-state index in [0.717, 1.165) is 5.56 Å². The predicted octanol–water partition coefficient (Wildman–Crippen LogP) is 1.84. The van der Waals surface area contributed by atoms with Crippen molar-refractivity contribution < 1.29 is 9.47 Å². The summed E-state index contributed by atoms with van der Waals surface area (Å²) in [4.78, 5) is 0. The van der Waals surface area contributed by atoms with Crippen molar-refractivity contribution >= 4 is 0 Å². The van der Waals surface area contributed by atoms with Crippen LogP contribution in [0.1, 0.15) is 18.4 Å². The lowest BCUT2D eigenvalue weighted by molar-refractivity contribution is 0.288. The third-order valence-electron chi connectivity index (χ3n) is 2.18. The summed E-state index contributed by atoms with van der Waals surface area (Å²) >= 11 is 0. The van der Waals surface area contributed by atoms with Crippen LogP contribution in [0.4, 0.5) is 0 Å². The van der Waals surface area contributed by atoms with Gasteiger partial charge < -0.3 is 15.2 Å². The second-order valence-corrected chi connectivity index (χ2v) is 3.26. The summed E-state index contributed by atoms with van der Waals surface area (Å²) in [6.07, 6.45) is 1.20. The van der Waals surface area contributed by atoms with E-state index in [1.54, 1.807) is 7.11 Å². The molecule has 0 bridgehead atoms. The average molecular weight is 220 g/mol. The normalized spacial score (nSPS) is 9.56. The molecule has 1 aromatic carbocycles. The second-order valence-electron chi connectivity index (χ2n) is 3.26. The van der Waals surface area contributed by atoms with Gasteiger partial charge in [-0.25, -0.2) is 0 Å². The van der Waals surface area contributed by atoms with Crippen molar-refractivity contribution in [3.05, 3.63) is 23.8 Å². The first-order valence-electron chi connectivity index (χ1n) is 5.19. The van der Waals surface area contributed by atoms with Gasteiger partial charge in [0.1, 0.15) is 0 Å². The van der Waals surface area contributed by atoms with E-state index in [0.29, 0.717) is 37.5 Å². The summed E-state index contributed by atoms with van der Waals surface area (Å²) in [7, 11) is 1.60. The maximum Gasteiger partial charge on any atom is 0.165 e. The minimum atomic E-state index is 0.408. The SMILES string of the molecule is COc1cccc(CN)c1OCCCC#N. The molecule has 86 valence electrons. The van der Waals surface area contributed by atoms with Gasteiger partial charge in [0.05, 0.1) is 19.8 Å². The Bertz CT molecular complexity index is 350. The molecule has 4 nitrogen and oxygen atoms in total. The first-order chi connectivity index (χ1) is 7.83. The van der Waals surface area contributed by atoms with E-state index in [1.807, 2.05) is 18.2 Å². The van der Waals surface area contributed by atoms with Gasteiger partial charge in [0.25, 0.3) is 0 Å². The third kappa shape index (κ3) is 3.14. The van der Waals surface area contributed by atoms with E-state index < -0.39 is 0 Å². The quantitative estimate of drug-likeness (QED) is 0.743. The monoisotopic (exact) mass is 220 g/mol. The van der Waals surface area contributed by atoms with Gasteiger partial charge in [0, 0.05) is 18.5 Å². The fraction of sp³-hybridized carbons (Fsp3) is 0.417. The van der Waals surface area contributed by atoms with Crippen molar-refractivity contribution in [3.63, 3.8) is 0 Å². The van der Waals surface area contributed by atoms with Crippen molar-refractivity contribution in [2.45, 2.75) is 19.4 Å². The van der Waals surface area contributed by atoms with Crippen molar-refractivity contribution in [2.75, 3.05) is 13.7 Å². The molecule has 0 fully saturated rings. The zero-order valence-corrected chi connectivity index (χ0v) is 9.40. The minimum absolute atomic E-state index is 0.408. The van der Waals surface area contributed by atoms with Crippen LogP contribution in [0.25, 0.3) is 0 Å². The largest absolute Gasteiger partial charge is 0.493 e. The number of rotatable bonds is 6. The number of hydrogen-bond acceptors (Lipinski definition) is 4. The molecule has 0 unspecified atom stereocenters. The number of methoxy groups -OCH3 is 1. The van der Waals surface area contributed by atoms with Gasteiger partial charge in [-0.15, -0.1) is 0 Å². The Labute approximate surface area is 95.6 Å². The summed E-state index contributed by atoms with van der Waals surface area (Å²) in [5.41, 5.74) is 6.53. The van der Waals surface area contributed by atoms with Gasteiger partial charge in [-0.05, 0) is 12.5 Å². The van der Waals surface area contributed by atoms with Crippen molar-refractivity contribution in [2.24, 2.45) is 5.73 Å². The third-order valence-corrected chi connectivity index (χ3v) is 2.18. The molecule has 16 heavy (non-hydrogen) atoms. The van der Waals surface area contributed by atoms with Crippen LogP contribution >= 0.6 is 0 Å². The number of nitrogens with zero attached hydrogens (tertiary/aromatic N) is 1. The molecule has 0 atom stereocenters. The Morgan fingerprint density at radius 3 is 2.88 bits per heavy atom. The van der Waals surface area contributed by atoms with Crippen molar-refractivity contribution in [1.29, 1.82) is 5.26 Å². The molecule has 0 saturated heterocycles. The van der Waals surface area contributed by atoms with Crippen molar-refractivity contribution in [1.82, 2.24) is 0 Å². The molecule has 0 aliphatic heterocycles. The van der Waals surface area contributed by atoms with E-state index in [2.05, 4.69) is 6.07 Å². The number of nitriles is 1. The number of unbranched alkanes of at least 4 members (excludes halogenated alkanes) is 1. The maximum absolute atomic E-state index is 8.41. The fourth-order valence-electron chi connectivity index (χ4n) is 1.37. The van der Waals surface area contributed by atoms with E-state index in [-0.39, 0.29) is 0 Å². The molecule has 0 heterocycles. The first-order valence-corrected chi connectivity index (χ1v) is 5.19. The fourth-order valence-corrected chi connectivity index (χ4v) is 1.37. The molecule has 1 rings (SSSR count). The number of nitrogens with two attached hydrogens (primary N) is 1. The van der Waals surface area contributed by atoms with Crippen LogP contribution in [0, 0.1) is 11.3 Å². The Morgan fingerprint density at radius 1 is 1.44 bits per heavy atom. The first kappa shape index (κ1) is 12.3. The van der Waals surface area contributed by atoms with Crippen LogP contribution in [-0.4, -0.2) is 13.7 Å². The number of benzene rings is 1. The summed E-state index contributed by atoms with van der Waals surface area (Å²) in [5.74, 6) is 1.37. The predicted molar refractivity (Wildman–Crippen MR) is 61.2 cm³/mol. The van der Waals surface area contributed by atoms with Gasteiger partial charge in [-0.2, -0.15) is 5.26 Å². The molecule has 0 aromatic heterocycles. The van der Waals surface area contributed by atoms with Crippen LogP contribution in [0.2, 0.25) is 0 Å². The average Bonchev–Trinajstić information content (AvgIpc) is 2.34. The molecule has 0 aliphatic rings. The Balaban J connectivity index is 2.71. The van der Waals surface area contributed by atoms with Crippen LogP contribution in [0.15, 0.2) is 18.2 Å². The minimum Gasteiger partial charge on any atom is -0.493 e. The van der Waals surface area contributed by atoms with Gasteiger partial charge in [-0.1, -0.05) is 12.1 Å². The molecular weight excluding hydrogens is 204 g/mol. The Kier molecular flexibility index (Phi) is 5.17. The zero-order chi connectivity index (χ0) is 11.8. The smallest absolute Gasteiger partial charge is 0.165 e. The lowest BCUT2D eigenvalue weighted by Crippen LogP contribution is -2.05. The van der Waals surface area contributed by atoms with Gasteiger partial charge in [-0.3, -0.25) is 0 Å². The lowest BCUT2D eigenvalue weighted by atomic mass is 10.2. The molecule has 0 aliphatic carbocycles. The lowest BCUT2D eigenvalue weighted by Gasteiger charge is -2.13. The topological polar surface area (TPSA) is 68.3 Å². The van der Waals surface area contributed by atoms with E-state index in [1.165, 1.54) is 0 Å². The zero-order valence-electron chi connectivity index (χ0n) is 9.40. The van der Waals surface area contributed by atoms with Gasteiger partial charge in [0.15, 0.2) is 11.5 Å². The molecular formula is C12H16N2O2. The maximum atomic E-state index is 8.41. The highest BCUT2D eigenvalue weighted by atomic mass is 16.5. The van der Waals surface area contributed by atoms with Crippen LogP contribution in [-0.2, 0) is 6.54 Å². The summed E-state index contributed by atoms with van der Waals surface area (Å²) in [5, 5.41) is 8.41. The number of para-hydroxylation sites is 1. The van der Waals surface area contributed by atoms with E-state index >= 15 is 0 Å². The molecule has 0 saturated carbocycles. The number of hydrogen-bond donors (Lipinski definition) is 1. The highest BCUT2D eigenvalue weighted by molar-refractivity contribution is 5.46. The molecule has 4 heteroatoms. The van der Waals surface area contributed by atoms with Gasteiger partial charge in [0.2, 0.25) is 0 Å². The standard InChI is InChI=1S/C12H16N2O2/c1-15-11-6-4-5-10(9-14)12(11)16-8-3-2-7-13/h4-6H,2-3,8-9,14H2,1H3. The van der Waals surface area contributed by atoms with E-state index in [9.17, 15) is 0 Å². The highest BCUT2D eigenvalue weighted by Gasteiger charge is 2.08. The summed E-state index contributed by atoms with van der Waals surface area (Å²) < 4.78 is 10.8. The van der Waals surface area contributed by atoms with Crippen LogP contribution in [0.3, 0.4) is 0 Å².